The number of rotatable bonds is 4. The lowest BCUT2D eigenvalue weighted by Crippen LogP contribution is -2.46. The monoisotopic (exact) mass is 296 g/mol. The van der Waals surface area contributed by atoms with Crippen LogP contribution in [0.4, 0.5) is 5.69 Å². The van der Waals surface area contributed by atoms with Gasteiger partial charge in [-0.05, 0) is 6.07 Å². The molecule has 1 fully saturated rings. The molecule has 21 heavy (non-hydrogen) atoms. The fourth-order valence-corrected chi connectivity index (χ4v) is 2.15. The fourth-order valence-electron chi connectivity index (χ4n) is 2.15. The van der Waals surface area contributed by atoms with Crippen molar-refractivity contribution in [3.05, 3.63) is 33.9 Å². The number of amides is 1. The van der Waals surface area contributed by atoms with E-state index in [1.165, 1.54) is 30.2 Å². The Balaban J connectivity index is 2.24. The number of nitrogens with zero attached hydrogens (tertiary/aromatic N) is 2. The number of nitro benzene ring substituents is 1. The third kappa shape index (κ3) is 3.29. The first-order valence-electron chi connectivity index (χ1n) is 6.41. The van der Waals surface area contributed by atoms with Gasteiger partial charge in [0.1, 0.15) is 5.75 Å². The molecule has 1 N–H and O–H groups in total. The van der Waals surface area contributed by atoms with Crippen LogP contribution in [0.5, 0.6) is 5.75 Å². The van der Waals surface area contributed by atoms with Crippen molar-refractivity contribution in [1.29, 1.82) is 0 Å². The number of benzene rings is 1. The van der Waals surface area contributed by atoms with Crippen molar-refractivity contribution in [3.8, 4) is 5.75 Å². The van der Waals surface area contributed by atoms with E-state index in [4.69, 9.17) is 14.6 Å². The van der Waals surface area contributed by atoms with Gasteiger partial charge in [-0.25, -0.2) is 0 Å². The van der Waals surface area contributed by atoms with Gasteiger partial charge in [-0.2, -0.15) is 0 Å². The van der Waals surface area contributed by atoms with Gasteiger partial charge in [0.25, 0.3) is 11.6 Å². The molecule has 1 unspecified atom stereocenters. The Morgan fingerprint density at radius 3 is 3.00 bits per heavy atom. The van der Waals surface area contributed by atoms with E-state index in [0.717, 1.165) is 0 Å². The van der Waals surface area contributed by atoms with Crippen molar-refractivity contribution < 1.29 is 24.3 Å². The summed E-state index contributed by atoms with van der Waals surface area (Å²) in [5.41, 5.74) is 0.111. The fraction of sp³-hybridized carbons (Fsp3) is 0.462. The lowest BCUT2D eigenvalue weighted by atomic mass is 10.1. The molecule has 1 aromatic rings. The second kappa shape index (κ2) is 6.51. The van der Waals surface area contributed by atoms with Gasteiger partial charge < -0.3 is 19.5 Å². The summed E-state index contributed by atoms with van der Waals surface area (Å²) in [5, 5.41) is 19.8. The molecule has 0 bridgehead atoms. The minimum atomic E-state index is -0.548. The van der Waals surface area contributed by atoms with Crippen LogP contribution in [0.3, 0.4) is 0 Å². The molecule has 8 heteroatoms. The molecule has 1 amide bonds. The van der Waals surface area contributed by atoms with Gasteiger partial charge in [-0.1, -0.05) is 0 Å². The third-order valence-corrected chi connectivity index (χ3v) is 3.26. The number of aliphatic hydroxyl groups excluding tert-OH is 1. The van der Waals surface area contributed by atoms with Crippen molar-refractivity contribution >= 4 is 11.6 Å². The summed E-state index contributed by atoms with van der Waals surface area (Å²) < 4.78 is 10.4. The van der Waals surface area contributed by atoms with Crippen LogP contribution in [-0.4, -0.2) is 60.4 Å². The van der Waals surface area contributed by atoms with Crippen LogP contribution in [0.25, 0.3) is 0 Å². The topological polar surface area (TPSA) is 102 Å². The summed E-state index contributed by atoms with van der Waals surface area (Å²) in [6.45, 7) is 0.846. The summed E-state index contributed by atoms with van der Waals surface area (Å²) in [5.74, 6) is -0.148. The standard InChI is InChI=1S/C13H16N2O6/c1-20-12-6-9(15(18)19)2-3-11(12)13(17)14-4-5-21-10(7-14)8-16/h2-3,6,10,16H,4-5,7-8H2,1H3. The number of methoxy groups -OCH3 is 1. The van der Waals surface area contributed by atoms with Crippen molar-refractivity contribution in [1.82, 2.24) is 4.90 Å². The molecule has 8 nitrogen and oxygen atoms in total. The third-order valence-electron chi connectivity index (χ3n) is 3.26. The zero-order valence-corrected chi connectivity index (χ0v) is 11.5. The van der Waals surface area contributed by atoms with E-state index in [-0.39, 0.29) is 36.1 Å². The Morgan fingerprint density at radius 2 is 2.38 bits per heavy atom. The van der Waals surface area contributed by atoms with Crippen LogP contribution < -0.4 is 4.74 Å². The van der Waals surface area contributed by atoms with Gasteiger partial charge in [-0.3, -0.25) is 14.9 Å². The Labute approximate surface area is 121 Å². The predicted octanol–water partition coefficient (Wildman–Crippen LogP) is 0.437. The summed E-state index contributed by atoms with van der Waals surface area (Å²) in [6, 6.07) is 3.86. The first-order chi connectivity index (χ1) is 10.1. The molecular weight excluding hydrogens is 280 g/mol. The van der Waals surface area contributed by atoms with E-state index in [0.29, 0.717) is 13.2 Å². The van der Waals surface area contributed by atoms with Crippen LogP contribution in [0.15, 0.2) is 18.2 Å². The van der Waals surface area contributed by atoms with Crippen molar-refractivity contribution in [2.24, 2.45) is 0 Å². The highest BCUT2D eigenvalue weighted by molar-refractivity contribution is 5.97. The molecule has 1 saturated heterocycles. The first kappa shape index (κ1) is 15.2. The van der Waals surface area contributed by atoms with Gasteiger partial charge >= 0.3 is 0 Å². The highest BCUT2D eigenvalue weighted by Crippen LogP contribution is 2.26. The Bertz CT molecular complexity index is 547. The van der Waals surface area contributed by atoms with Crippen LogP contribution in [-0.2, 0) is 4.74 Å². The number of carbonyl (C=O) groups is 1. The Kier molecular flexibility index (Phi) is 4.71. The molecule has 0 saturated carbocycles. The minimum absolute atomic E-state index is 0.140. The lowest BCUT2D eigenvalue weighted by Gasteiger charge is -2.32. The minimum Gasteiger partial charge on any atom is -0.496 e. The van der Waals surface area contributed by atoms with Gasteiger partial charge in [0.05, 0.1) is 43.0 Å². The molecule has 1 aliphatic heterocycles. The number of hydrogen-bond donors (Lipinski definition) is 1. The Hall–Kier alpha value is -2.19. The molecule has 0 radical (unpaired) electrons. The normalized spacial score (nSPS) is 18.4. The highest BCUT2D eigenvalue weighted by Gasteiger charge is 2.27. The average molecular weight is 296 g/mol. The number of morpholine rings is 1. The Morgan fingerprint density at radius 1 is 1.62 bits per heavy atom. The van der Waals surface area contributed by atoms with Gasteiger partial charge in [-0.15, -0.1) is 0 Å². The van der Waals surface area contributed by atoms with Crippen molar-refractivity contribution in [2.45, 2.75) is 6.10 Å². The van der Waals surface area contributed by atoms with Crippen LogP contribution in [0.1, 0.15) is 10.4 Å². The number of carbonyl (C=O) groups excluding carboxylic acids is 1. The number of hydrogen-bond acceptors (Lipinski definition) is 6. The summed E-state index contributed by atoms with van der Waals surface area (Å²) in [4.78, 5) is 24.2. The van der Waals surface area contributed by atoms with E-state index in [9.17, 15) is 14.9 Å². The second-order valence-corrected chi connectivity index (χ2v) is 4.57. The highest BCUT2D eigenvalue weighted by atomic mass is 16.6. The zero-order chi connectivity index (χ0) is 15.4. The SMILES string of the molecule is COc1cc([N+](=O)[O-])ccc1C(=O)N1CCOC(CO)C1. The van der Waals surface area contributed by atoms with Crippen molar-refractivity contribution in [2.75, 3.05) is 33.4 Å². The quantitative estimate of drug-likeness (QED) is 0.639. The maximum absolute atomic E-state index is 12.5. The van der Waals surface area contributed by atoms with Gasteiger partial charge in [0, 0.05) is 19.2 Å². The van der Waals surface area contributed by atoms with E-state index < -0.39 is 11.0 Å². The second-order valence-electron chi connectivity index (χ2n) is 4.57. The molecule has 1 aromatic carbocycles. The van der Waals surface area contributed by atoms with Crippen molar-refractivity contribution in [3.63, 3.8) is 0 Å². The molecule has 2 rings (SSSR count). The van der Waals surface area contributed by atoms with E-state index in [2.05, 4.69) is 0 Å². The molecule has 0 aromatic heterocycles. The molecular formula is C13H16N2O6. The number of non-ortho nitro benzene ring substituents is 1. The van der Waals surface area contributed by atoms with Crippen LogP contribution in [0.2, 0.25) is 0 Å². The van der Waals surface area contributed by atoms with Gasteiger partial charge in [0.2, 0.25) is 0 Å². The summed E-state index contributed by atoms with van der Waals surface area (Å²) >= 11 is 0. The van der Waals surface area contributed by atoms with Crippen LogP contribution in [0, 0.1) is 10.1 Å². The largest absolute Gasteiger partial charge is 0.496 e. The van der Waals surface area contributed by atoms with E-state index in [1.54, 1.807) is 0 Å². The number of aliphatic hydroxyl groups is 1. The number of nitro groups is 1. The van der Waals surface area contributed by atoms with Gasteiger partial charge in [0.15, 0.2) is 0 Å². The van der Waals surface area contributed by atoms with Crippen LogP contribution >= 0.6 is 0 Å². The first-order valence-corrected chi connectivity index (χ1v) is 6.41. The number of ether oxygens (including phenoxy) is 2. The molecule has 1 aliphatic rings. The molecule has 114 valence electrons. The molecule has 0 spiro atoms. The van der Waals surface area contributed by atoms with E-state index in [1.807, 2.05) is 0 Å². The molecule has 1 heterocycles. The summed E-state index contributed by atoms with van der Waals surface area (Å²) in [6.07, 6.45) is -0.410. The zero-order valence-electron chi connectivity index (χ0n) is 11.5. The average Bonchev–Trinajstić information content (AvgIpc) is 2.53. The molecule has 0 aliphatic carbocycles. The predicted molar refractivity (Wildman–Crippen MR) is 72.4 cm³/mol. The molecule has 1 atom stereocenters. The lowest BCUT2D eigenvalue weighted by molar-refractivity contribution is -0.384. The smallest absolute Gasteiger partial charge is 0.273 e. The summed E-state index contributed by atoms with van der Waals surface area (Å²) in [7, 11) is 1.35. The maximum atomic E-state index is 12.5. The van der Waals surface area contributed by atoms with E-state index >= 15 is 0 Å². The maximum Gasteiger partial charge on any atom is 0.273 e.